The lowest BCUT2D eigenvalue weighted by Gasteiger charge is -2.41. The number of aromatic nitrogens is 2. The van der Waals surface area contributed by atoms with Crippen molar-refractivity contribution in [2.45, 2.75) is 64.1 Å². The summed E-state index contributed by atoms with van der Waals surface area (Å²) in [4.78, 5) is 31.2. The molecule has 3 N–H and O–H groups in total. The molecule has 1 saturated carbocycles. The molecule has 2 atom stereocenters. The summed E-state index contributed by atoms with van der Waals surface area (Å²) < 4.78 is 5.37. The van der Waals surface area contributed by atoms with Crippen LogP contribution in [-0.2, 0) is 16.0 Å². The fraction of sp³-hybridized carbons (Fsp3) is 0.706. The smallest absolute Gasteiger partial charge is 0.254 e. The van der Waals surface area contributed by atoms with Crippen LogP contribution in [0.25, 0.3) is 0 Å². The van der Waals surface area contributed by atoms with Gasteiger partial charge in [0.05, 0.1) is 6.42 Å². The van der Waals surface area contributed by atoms with Crippen LogP contribution in [0, 0.1) is 13.8 Å². The molecule has 1 saturated heterocycles. The van der Waals surface area contributed by atoms with Crippen LogP contribution in [0.3, 0.4) is 0 Å². The SMILES string of the molecule is Cc1nc(C)c(CC(=O)N[C@@H]2CC[C@@H]2NC2CCOCC2)c(=O)[nH]1. The molecule has 0 unspecified atom stereocenters. The summed E-state index contributed by atoms with van der Waals surface area (Å²) in [5, 5.41) is 6.69. The van der Waals surface area contributed by atoms with Gasteiger partial charge in [0, 0.05) is 42.6 Å². The molecule has 1 aromatic heterocycles. The maximum atomic E-state index is 12.3. The molecule has 24 heavy (non-hydrogen) atoms. The highest BCUT2D eigenvalue weighted by Gasteiger charge is 2.33. The van der Waals surface area contributed by atoms with Crippen molar-refractivity contribution in [3.8, 4) is 0 Å². The lowest BCUT2D eigenvalue weighted by Crippen LogP contribution is -2.59. The van der Waals surface area contributed by atoms with Crippen molar-refractivity contribution in [2.75, 3.05) is 13.2 Å². The highest BCUT2D eigenvalue weighted by molar-refractivity contribution is 5.79. The third kappa shape index (κ3) is 4.02. The first-order valence-electron chi connectivity index (χ1n) is 8.72. The molecule has 0 spiro atoms. The minimum absolute atomic E-state index is 0.0783. The van der Waals surface area contributed by atoms with Crippen LogP contribution in [0.2, 0.25) is 0 Å². The van der Waals surface area contributed by atoms with E-state index in [1.165, 1.54) is 0 Å². The number of aromatic amines is 1. The van der Waals surface area contributed by atoms with E-state index in [4.69, 9.17) is 4.74 Å². The number of amides is 1. The van der Waals surface area contributed by atoms with Gasteiger partial charge >= 0.3 is 0 Å². The largest absolute Gasteiger partial charge is 0.381 e. The molecule has 1 aromatic rings. The van der Waals surface area contributed by atoms with Crippen molar-refractivity contribution in [3.05, 3.63) is 27.4 Å². The Morgan fingerprint density at radius 3 is 2.54 bits per heavy atom. The third-order valence-corrected chi connectivity index (χ3v) is 4.97. The maximum Gasteiger partial charge on any atom is 0.254 e. The fourth-order valence-electron chi connectivity index (χ4n) is 3.42. The molecule has 0 bridgehead atoms. The topological polar surface area (TPSA) is 96.1 Å². The van der Waals surface area contributed by atoms with Crippen LogP contribution < -0.4 is 16.2 Å². The number of H-pyrrole nitrogens is 1. The Hall–Kier alpha value is -1.73. The van der Waals surface area contributed by atoms with Gasteiger partial charge in [0.2, 0.25) is 5.91 Å². The minimum atomic E-state index is -0.222. The normalized spacial score (nSPS) is 24.4. The van der Waals surface area contributed by atoms with E-state index in [0.29, 0.717) is 29.2 Å². The Morgan fingerprint density at radius 2 is 1.92 bits per heavy atom. The molecule has 7 nitrogen and oxygen atoms in total. The molecule has 7 heteroatoms. The Balaban J connectivity index is 1.52. The number of nitrogens with zero attached hydrogens (tertiary/aromatic N) is 1. The van der Waals surface area contributed by atoms with Crippen molar-refractivity contribution in [2.24, 2.45) is 0 Å². The molecular weight excluding hydrogens is 308 g/mol. The second-order valence-corrected chi connectivity index (χ2v) is 6.80. The van der Waals surface area contributed by atoms with E-state index in [2.05, 4.69) is 20.6 Å². The highest BCUT2D eigenvalue weighted by Crippen LogP contribution is 2.22. The van der Waals surface area contributed by atoms with Crippen LogP contribution in [0.5, 0.6) is 0 Å². The average Bonchev–Trinajstić information content (AvgIpc) is 2.54. The van der Waals surface area contributed by atoms with Gasteiger partial charge in [0.15, 0.2) is 0 Å². The maximum absolute atomic E-state index is 12.3. The van der Waals surface area contributed by atoms with Crippen LogP contribution in [0.4, 0.5) is 0 Å². The molecule has 1 aliphatic heterocycles. The monoisotopic (exact) mass is 334 g/mol. The molecule has 1 amide bonds. The first-order valence-corrected chi connectivity index (χ1v) is 8.72. The van der Waals surface area contributed by atoms with Gasteiger partial charge in [-0.25, -0.2) is 4.98 Å². The number of ether oxygens (including phenoxy) is 1. The van der Waals surface area contributed by atoms with Gasteiger partial charge in [-0.05, 0) is 39.5 Å². The van der Waals surface area contributed by atoms with Crippen molar-refractivity contribution < 1.29 is 9.53 Å². The Morgan fingerprint density at radius 1 is 1.21 bits per heavy atom. The molecule has 1 aliphatic carbocycles. The van der Waals surface area contributed by atoms with E-state index in [0.717, 1.165) is 38.9 Å². The Bertz CT molecular complexity index is 652. The van der Waals surface area contributed by atoms with Gasteiger partial charge in [0.1, 0.15) is 5.82 Å². The van der Waals surface area contributed by atoms with E-state index in [1.54, 1.807) is 13.8 Å². The van der Waals surface area contributed by atoms with Crippen molar-refractivity contribution >= 4 is 5.91 Å². The first kappa shape index (κ1) is 17.1. The zero-order valence-corrected chi connectivity index (χ0v) is 14.4. The lowest BCUT2D eigenvalue weighted by molar-refractivity contribution is -0.122. The first-order chi connectivity index (χ1) is 11.5. The summed E-state index contributed by atoms with van der Waals surface area (Å²) in [7, 11) is 0. The van der Waals surface area contributed by atoms with E-state index in [1.807, 2.05) is 0 Å². The fourth-order valence-corrected chi connectivity index (χ4v) is 3.42. The van der Waals surface area contributed by atoms with Gasteiger partial charge in [0.25, 0.3) is 5.56 Å². The zero-order chi connectivity index (χ0) is 17.1. The van der Waals surface area contributed by atoms with Crippen molar-refractivity contribution in [1.82, 2.24) is 20.6 Å². The molecule has 0 radical (unpaired) electrons. The second kappa shape index (κ2) is 7.44. The molecule has 0 aromatic carbocycles. The van der Waals surface area contributed by atoms with Gasteiger partial charge in [-0.15, -0.1) is 0 Å². The van der Waals surface area contributed by atoms with Crippen molar-refractivity contribution in [1.29, 1.82) is 0 Å². The molecule has 2 aliphatic rings. The van der Waals surface area contributed by atoms with Gasteiger partial charge in [-0.3, -0.25) is 9.59 Å². The summed E-state index contributed by atoms with van der Waals surface area (Å²) >= 11 is 0. The van der Waals surface area contributed by atoms with E-state index in [9.17, 15) is 9.59 Å². The summed E-state index contributed by atoms with van der Waals surface area (Å²) in [5.74, 6) is 0.458. The van der Waals surface area contributed by atoms with Crippen LogP contribution in [-0.4, -0.2) is 47.2 Å². The number of hydrogen-bond acceptors (Lipinski definition) is 5. The number of carbonyl (C=O) groups is 1. The number of hydrogen-bond donors (Lipinski definition) is 3. The number of aryl methyl sites for hydroxylation is 2. The van der Waals surface area contributed by atoms with E-state index in [-0.39, 0.29) is 23.9 Å². The van der Waals surface area contributed by atoms with Gasteiger partial charge in [-0.1, -0.05) is 0 Å². The summed E-state index contributed by atoms with van der Waals surface area (Å²) in [6.45, 7) is 5.12. The molecular formula is C17H26N4O3. The standard InChI is InChI=1S/C17H26N4O3/c1-10-13(17(23)19-11(2)18-10)9-16(22)21-15-4-3-14(15)20-12-5-7-24-8-6-12/h12,14-15,20H,3-9H2,1-2H3,(H,21,22)(H,18,19,23)/t14-,15+/m0/s1. The average molecular weight is 334 g/mol. The molecule has 132 valence electrons. The summed E-state index contributed by atoms with van der Waals surface area (Å²) in [6, 6.07) is 0.959. The summed E-state index contributed by atoms with van der Waals surface area (Å²) in [5.41, 5.74) is 0.851. The Kier molecular flexibility index (Phi) is 5.30. The van der Waals surface area contributed by atoms with Crippen molar-refractivity contribution in [3.63, 3.8) is 0 Å². The third-order valence-electron chi connectivity index (χ3n) is 4.97. The number of rotatable bonds is 5. The van der Waals surface area contributed by atoms with Gasteiger partial charge < -0.3 is 20.4 Å². The Labute approximate surface area is 141 Å². The molecule has 2 fully saturated rings. The number of nitrogens with one attached hydrogen (secondary N) is 3. The lowest BCUT2D eigenvalue weighted by atomic mass is 9.85. The quantitative estimate of drug-likeness (QED) is 0.722. The van der Waals surface area contributed by atoms with Crippen LogP contribution in [0.15, 0.2) is 4.79 Å². The molecule has 2 heterocycles. The predicted octanol–water partition coefficient (Wildman–Crippen LogP) is 0.345. The van der Waals surface area contributed by atoms with E-state index >= 15 is 0 Å². The zero-order valence-electron chi connectivity index (χ0n) is 14.4. The summed E-state index contributed by atoms with van der Waals surface area (Å²) in [6.07, 6.45) is 4.19. The molecule has 3 rings (SSSR count). The van der Waals surface area contributed by atoms with Crippen LogP contribution >= 0.6 is 0 Å². The highest BCUT2D eigenvalue weighted by atomic mass is 16.5. The van der Waals surface area contributed by atoms with Gasteiger partial charge in [-0.2, -0.15) is 0 Å². The predicted molar refractivity (Wildman–Crippen MR) is 90.0 cm³/mol. The van der Waals surface area contributed by atoms with Crippen LogP contribution in [0.1, 0.15) is 42.8 Å². The minimum Gasteiger partial charge on any atom is -0.381 e. The number of carbonyl (C=O) groups excluding carboxylic acids is 1. The van der Waals surface area contributed by atoms with E-state index < -0.39 is 0 Å². The second-order valence-electron chi connectivity index (χ2n) is 6.80.